The Kier molecular flexibility index (Phi) is 4.15. The van der Waals surface area contributed by atoms with Crippen LogP contribution in [-0.2, 0) is 6.54 Å². The Hall–Kier alpha value is -1.55. The molecule has 4 nitrogen and oxygen atoms in total. The lowest BCUT2D eigenvalue weighted by atomic mass is 9.77. The molecular weight excluding hydrogens is 262 g/mol. The zero-order chi connectivity index (χ0) is 14.7. The van der Waals surface area contributed by atoms with Crippen molar-refractivity contribution in [3.05, 3.63) is 35.4 Å². The first-order valence-electron chi connectivity index (χ1n) is 8.00. The van der Waals surface area contributed by atoms with Crippen molar-refractivity contribution in [3.8, 4) is 0 Å². The van der Waals surface area contributed by atoms with Crippen LogP contribution in [-0.4, -0.2) is 29.0 Å². The number of nitrogens with two attached hydrogens (primary N) is 1. The molecule has 0 unspecified atom stereocenters. The van der Waals surface area contributed by atoms with E-state index in [4.69, 9.17) is 10.9 Å². The average Bonchev–Trinajstić information content (AvgIpc) is 2.98. The lowest BCUT2D eigenvalue weighted by Gasteiger charge is -2.39. The zero-order valence-corrected chi connectivity index (χ0v) is 12.6. The fourth-order valence-corrected chi connectivity index (χ4v) is 3.96. The molecule has 3 N–H and O–H groups in total. The molecule has 2 aliphatic rings. The van der Waals surface area contributed by atoms with Crippen molar-refractivity contribution in [2.24, 2.45) is 16.3 Å². The highest BCUT2D eigenvalue weighted by molar-refractivity contribution is 5.97. The fourth-order valence-electron chi connectivity index (χ4n) is 3.96. The van der Waals surface area contributed by atoms with Gasteiger partial charge in [0.15, 0.2) is 5.84 Å². The van der Waals surface area contributed by atoms with E-state index in [1.54, 1.807) is 0 Å². The fraction of sp³-hybridized carbons (Fsp3) is 0.588. The van der Waals surface area contributed by atoms with E-state index in [2.05, 4.69) is 16.1 Å². The molecule has 1 aliphatic carbocycles. The summed E-state index contributed by atoms with van der Waals surface area (Å²) in [5.74, 6) is 0.181. The molecule has 0 atom stereocenters. The molecule has 114 valence electrons. The first kappa shape index (κ1) is 14.4. The Labute approximate surface area is 126 Å². The molecule has 1 aromatic rings. The summed E-state index contributed by atoms with van der Waals surface area (Å²) < 4.78 is 0. The molecule has 0 bridgehead atoms. The van der Waals surface area contributed by atoms with Crippen molar-refractivity contribution in [3.63, 3.8) is 0 Å². The molecule has 1 heterocycles. The highest BCUT2D eigenvalue weighted by Crippen LogP contribution is 2.46. The van der Waals surface area contributed by atoms with Crippen LogP contribution in [0.4, 0.5) is 0 Å². The number of piperidine rings is 1. The van der Waals surface area contributed by atoms with Crippen LogP contribution in [0.2, 0.25) is 0 Å². The van der Waals surface area contributed by atoms with Gasteiger partial charge in [0, 0.05) is 12.1 Å². The molecule has 3 rings (SSSR count). The SMILES string of the molecule is NC(=NO)c1cccc(CN2CCC3(CCCC3)CC2)c1. The molecule has 0 aromatic heterocycles. The number of oxime groups is 1. The van der Waals surface area contributed by atoms with E-state index in [9.17, 15) is 0 Å². The minimum Gasteiger partial charge on any atom is -0.409 e. The number of benzene rings is 1. The highest BCUT2D eigenvalue weighted by Gasteiger charge is 2.36. The summed E-state index contributed by atoms with van der Waals surface area (Å²) in [4.78, 5) is 2.54. The van der Waals surface area contributed by atoms with Gasteiger partial charge in [-0.3, -0.25) is 4.90 Å². The smallest absolute Gasteiger partial charge is 0.170 e. The van der Waals surface area contributed by atoms with E-state index in [0.717, 1.165) is 12.1 Å². The van der Waals surface area contributed by atoms with E-state index >= 15 is 0 Å². The predicted molar refractivity (Wildman–Crippen MR) is 84.4 cm³/mol. The highest BCUT2D eigenvalue weighted by atomic mass is 16.4. The molecule has 0 amide bonds. The third-order valence-corrected chi connectivity index (χ3v) is 5.32. The number of hydrogen-bond donors (Lipinski definition) is 2. The number of nitrogens with zero attached hydrogens (tertiary/aromatic N) is 2. The third-order valence-electron chi connectivity index (χ3n) is 5.32. The first-order chi connectivity index (χ1) is 10.2. The van der Waals surface area contributed by atoms with E-state index < -0.39 is 0 Å². The normalized spacial score (nSPS) is 22.8. The van der Waals surface area contributed by atoms with Crippen LogP contribution in [0.15, 0.2) is 29.4 Å². The summed E-state index contributed by atoms with van der Waals surface area (Å²) in [7, 11) is 0. The van der Waals surface area contributed by atoms with Crippen LogP contribution >= 0.6 is 0 Å². The Morgan fingerprint density at radius 1 is 1.19 bits per heavy atom. The van der Waals surface area contributed by atoms with Crippen molar-refractivity contribution in [1.82, 2.24) is 4.90 Å². The maximum Gasteiger partial charge on any atom is 0.170 e. The van der Waals surface area contributed by atoms with Gasteiger partial charge in [-0.1, -0.05) is 36.2 Å². The van der Waals surface area contributed by atoms with Crippen molar-refractivity contribution in [1.29, 1.82) is 0 Å². The second-order valence-corrected chi connectivity index (χ2v) is 6.67. The Morgan fingerprint density at radius 2 is 1.90 bits per heavy atom. The lowest BCUT2D eigenvalue weighted by molar-refractivity contribution is 0.103. The van der Waals surface area contributed by atoms with Gasteiger partial charge >= 0.3 is 0 Å². The summed E-state index contributed by atoms with van der Waals surface area (Å²) in [6.07, 6.45) is 8.46. The van der Waals surface area contributed by atoms with E-state index in [-0.39, 0.29) is 5.84 Å². The van der Waals surface area contributed by atoms with Gasteiger partial charge in [-0.25, -0.2) is 0 Å². The molecule has 21 heavy (non-hydrogen) atoms. The maximum atomic E-state index is 8.77. The number of rotatable bonds is 3. The largest absolute Gasteiger partial charge is 0.409 e. The number of likely N-dealkylation sites (tertiary alicyclic amines) is 1. The van der Waals surface area contributed by atoms with Crippen LogP contribution in [0.1, 0.15) is 49.7 Å². The van der Waals surface area contributed by atoms with Gasteiger partial charge in [-0.05, 0) is 55.8 Å². The molecule has 4 heteroatoms. The van der Waals surface area contributed by atoms with Gasteiger partial charge in [-0.2, -0.15) is 0 Å². The Morgan fingerprint density at radius 3 is 2.57 bits per heavy atom. The topological polar surface area (TPSA) is 61.9 Å². The Balaban J connectivity index is 1.60. The zero-order valence-electron chi connectivity index (χ0n) is 12.6. The molecule has 1 saturated heterocycles. The van der Waals surface area contributed by atoms with Crippen LogP contribution in [0.3, 0.4) is 0 Å². The first-order valence-corrected chi connectivity index (χ1v) is 8.00. The van der Waals surface area contributed by atoms with Gasteiger partial charge in [-0.15, -0.1) is 0 Å². The van der Waals surface area contributed by atoms with Crippen molar-refractivity contribution in [2.75, 3.05) is 13.1 Å². The molecule has 1 saturated carbocycles. The molecular formula is C17H25N3O. The molecule has 1 aromatic carbocycles. The molecule has 2 fully saturated rings. The van der Waals surface area contributed by atoms with Crippen LogP contribution < -0.4 is 5.73 Å². The van der Waals surface area contributed by atoms with Gasteiger partial charge < -0.3 is 10.9 Å². The minimum absolute atomic E-state index is 0.181. The summed E-state index contributed by atoms with van der Waals surface area (Å²) in [6.45, 7) is 3.37. The van der Waals surface area contributed by atoms with Gasteiger partial charge in [0.2, 0.25) is 0 Å². The molecule has 1 aliphatic heterocycles. The van der Waals surface area contributed by atoms with Crippen LogP contribution in [0, 0.1) is 5.41 Å². The number of amidine groups is 1. The quantitative estimate of drug-likeness (QED) is 0.389. The monoisotopic (exact) mass is 287 g/mol. The second kappa shape index (κ2) is 6.06. The summed E-state index contributed by atoms with van der Waals surface area (Å²) in [5, 5.41) is 11.8. The van der Waals surface area contributed by atoms with Crippen molar-refractivity contribution in [2.45, 2.75) is 45.1 Å². The van der Waals surface area contributed by atoms with Crippen molar-refractivity contribution < 1.29 is 5.21 Å². The molecule has 1 spiro atoms. The summed E-state index contributed by atoms with van der Waals surface area (Å²) in [6, 6.07) is 8.00. The van der Waals surface area contributed by atoms with Gasteiger partial charge in [0.1, 0.15) is 0 Å². The van der Waals surface area contributed by atoms with Crippen LogP contribution in [0.5, 0.6) is 0 Å². The second-order valence-electron chi connectivity index (χ2n) is 6.67. The Bertz CT molecular complexity index is 511. The standard InChI is InChI=1S/C17H25N3O/c18-16(19-21)15-5-3-4-14(12-15)13-20-10-8-17(9-11-20)6-1-2-7-17/h3-5,12,21H,1-2,6-11,13H2,(H2,18,19). The average molecular weight is 287 g/mol. The van der Waals surface area contributed by atoms with E-state index in [1.807, 2.05) is 18.2 Å². The van der Waals surface area contributed by atoms with E-state index in [1.165, 1.54) is 57.2 Å². The maximum absolute atomic E-state index is 8.77. The summed E-state index contributed by atoms with van der Waals surface area (Å²) >= 11 is 0. The molecule has 0 radical (unpaired) electrons. The third kappa shape index (κ3) is 3.21. The van der Waals surface area contributed by atoms with Crippen LogP contribution in [0.25, 0.3) is 0 Å². The summed E-state index contributed by atoms with van der Waals surface area (Å²) in [5.41, 5.74) is 8.36. The van der Waals surface area contributed by atoms with Crippen molar-refractivity contribution >= 4 is 5.84 Å². The van der Waals surface area contributed by atoms with Gasteiger partial charge in [0.05, 0.1) is 0 Å². The van der Waals surface area contributed by atoms with E-state index in [0.29, 0.717) is 5.41 Å². The minimum atomic E-state index is 0.181. The lowest BCUT2D eigenvalue weighted by Crippen LogP contribution is -2.38. The predicted octanol–water partition coefficient (Wildman–Crippen LogP) is 2.94. The van der Waals surface area contributed by atoms with Gasteiger partial charge in [0.25, 0.3) is 0 Å². The number of hydrogen-bond acceptors (Lipinski definition) is 3.